The zero-order chi connectivity index (χ0) is 14.7. The SMILES string of the molecule is Cc1ncoc1COc1cnn(Cc2ccc(F)cc2)c1. The van der Waals surface area contributed by atoms with E-state index in [1.807, 2.05) is 6.92 Å². The van der Waals surface area contributed by atoms with Gasteiger partial charge in [-0.1, -0.05) is 12.1 Å². The van der Waals surface area contributed by atoms with Gasteiger partial charge in [0.1, 0.15) is 12.4 Å². The van der Waals surface area contributed by atoms with E-state index < -0.39 is 0 Å². The number of halogens is 1. The molecule has 0 saturated heterocycles. The lowest BCUT2D eigenvalue weighted by atomic mass is 10.2. The largest absolute Gasteiger partial charge is 0.482 e. The first-order valence-electron chi connectivity index (χ1n) is 6.49. The highest BCUT2D eigenvalue weighted by Crippen LogP contribution is 2.14. The Bertz CT molecular complexity index is 719. The molecule has 3 rings (SSSR count). The van der Waals surface area contributed by atoms with Gasteiger partial charge < -0.3 is 9.15 Å². The highest BCUT2D eigenvalue weighted by atomic mass is 19.1. The van der Waals surface area contributed by atoms with Crippen LogP contribution in [-0.2, 0) is 13.2 Å². The molecule has 1 aromatic carbocycles. The van der Waals surface area contributed by atoms with Crippen molar-refractivity contribution in [2.75, 3.05) is 0 Å². The molecule has 0 radical (unpaired) electrons. The Hall–Kier alpha value is -2.63. The van der Waals surface area contributed by atoms with E-state index in [4.69, 9.17) is 9.15 Å². The summed E-state index contributed by atoms with van der Waals surface area (Å²) >= 11 is 0. The number of nitrogens with zero attached hydrogens (tertiary/aromatic N) is 3. The third kappa shape index (κ3) is 3.28. The van der Waals surface area contributed by atoms with Gasteiger partial charge in [-0.3, -0.25) is 4.68 Å². The van der Waals surface area contributed by atoms with Crippen LogP contribution < -0.4 is 4.74 Å². The molecule has 0 fully saturated rings. The van der Waals surface area contributed by atoms with E-state index >= 15 is 0 Å². The molecule has 0 aliphatic heterocycles. The normalized spacial score (nSPS) is 10.8. The van der Waals surface area contributed by atoms with Crippen LogP contribution in [0.2, 0.25) is 0 Å². The van der Waals surface area contributed by atoms with Crippen LogP contribution in [0.15, 0.2) is 47.5 Å². The van der Waals surface area contributed by atoms with Crippen molar-refractivity contribution in [1.29, 1.82) is 0 Å². The van der Waals surface area contributed by atoms with Crippen LogP contribution in [0.25, 0.3) is 0 Å². The Balaban J connectivity index is 1.61. The summed E-state index contributed by atoms with van der Waals surface area (Å²) in [5.74, 6) is 1.10. The van der Waals surface area contributed by atoms with Gasteiger partial charge in [-0.25, -0.2) is 9.37 Å². The quantitative estimate of drug-likeness (QED) is 0.724. The predicted molar refractivity (Wildman–Crippen MR) is 73.3 cm³/mol. The van der Waals surface area contributed by atoms with Crippen LogP contribution in [-0.4, -0.2) is 14.8 Å². The molecule has 0 bridgehead atoms. The Kier molecular flexibility index (Phi) is 3.68. The Morgan fingerprint density at radius 1 is 1.29 bits per heavy atom. The van der Waals surface area contributed by atoms with Gasteiger partial charge in [-0.2, -0.15) is 5.10 Å². The molecule has 0 N–H and O–H groups in total. The maximum Gasteiger partial charge on any atom is 0.181 e. The number of hydrogen-bond donors (Lipinski definition) is 0. The number of ether oxygens (including phenoxy) is 1. The molecule has 0 aliphatic carbocycles. The van der Waals surface area contributed by atoms with Gasteiger partial charge in [-0.05, 0) is 24.6 Å². The summed E-state index contributed by atoms with van der Waals surface area (Å²) in [4.78, 5) is 4.00. The molecular weight excluding hydrogens is 273 g/mol. The summed E-state index contributed by atoms with van der Waals surface area (Å²) in [7, 11) is 0. The fourth-order valence-corrected chi connectivity index (χ4v) is 1.90. The second-order valence-corrected chi connectivity index (χ2v) is 4.65. The summed E-state index contributed by atoms with van der Waals surface area (Å²) in [6, 6.07) is 6.33. The standard InChI is InChI=1S/C15H14FN3O2/c1-11-15(21-10-17-11)9-20-14-6-18-19(8-14)7-12-2-4-13(16)5-3-12/h2-6,8,10H,7,9H2,1H3. The summed E-state index contributed by atoms with van der Waals surface area (Å²) in [5.41, 5.74) is 1.78. The van der Waals surface area contributed by atoms with E-state index in [0.29, 0.717) is 24.7 Å². The molecule has 6 heteroatoms. The number of oxazole rings is 1. The minimum atomic E-state index is -0.245. The van der Waals surface area contributed by atoms with E-state index in [-0.39, 0.29) is 5.82 Å². The van der Waals surface area contributed by atoms with Crippen molar-refractivity contribution in [3.63, 3.8) is 0 Å². The van der Waals surface area contributed by atoms with Gasteiger partial charge in [0.05, 0.1) is 24.6 Å². The molecule has 0 atom stereocenters. The number of aryl methyl sites for hydroxylation is 1. The lowest BCUT2D eigenvalue weighted by Crippen LogP contribution is -2.00. The zero-order valence-electron chi connectivity index (χ0n) is 11.5. The second kappa shape index (κ2) is 5.78. The summed E-state index contributed by atoms with van der Waals surface area (Å²) in [5, 5.41) is 4.21. The molecule has 0 saturated carbocycles. The van der Waals surface area contributed by atoms with E-state index in [9.17, 15) is 4.39 Å². The van der Waals surface area contributed by atoms with Gasteiger partial charge >= 0.3 is 0 Å². The molecule has 0 amide bonds. The fraction of sp³-hybridized carbons (Fsp3) is 0.200. The van der Waals surface area contributed by atoms with E-state index in [1.165, 1.54) is 18.5 Å². The van der Waals surface area contributed by atoms with Gasteiger partial charge in [0, 0.05) is 0 Å². The Labute approximate surface area is 121 Å². The van der Waals surface area contributed by atoms with Crippen molar-refractivity contribution < 1.29 is 13.5 Å². The van der Waals surface area contributed by atoms with Crippen molar-refractivity contribution in [3.05, 3.63) is 65.9 Å². The molecule has 5 nitrogen and oxygen atoms in total. The van der Waals surface area contributed by atoms with Crippen LogP contribution >= 0.6 is 0 Å². The molecule has 3 aromatic rings. The summed E-state index contributed by atoms with van der Waals surface area (Å²) in [6.45, 7) is 2.74. The maximum absolute atomic E-state index is 12.8. The van der Waals surface area contributed by atoms with Gasteiger partial charge in [0.25, 0.3) is 0 Å². The smallest absolute Gasteiger partial charge is 0.181 e. The lowest BCUT2D eigenvalue weighted by molar-refractivity contribution is 0.269. The van der Waals surface area contributed by atoms with Crippen molar-refractivity contribution in [2.45, 2.75) is 20.1 Å². The molecule has 0 spiro atoms. The molecule has 108 valence electrons. The number of rotatable bonds is 5. The monoisotopic (exact) mass is 287 g/mol. The maximum atomic E-state index is 12.8. The topological polar surface area (TPSA) is 53.1 Å². The molecule has 2 aromatic heterocycles. The van der Waals surface area contributed by atoms with Gasteiger partial charge in [-0.15, -0.1) is 0 Å². The first-order valence-corrected chi connectivity index (χ1v) is 6.49. The number of aromatic nitrogens is 3. The van der Waals surface area contributed by atoms with Crippen molar-refractivity contribution >= 4 is 0 Å². The predicted octanol–water partition coefficient (Wildman–Crippen LogP) is 2.95. The van der Waals surface area contributed by atoms with Crippen molar-refractivity contribution in [2.24, 2.45) is 0 Å². The first-order chi connectivity index (χ1) is 10.2. The summed E-state index contributed by atoms with van der Waals surface area (Å²) in [6.07, 6.45) is 4.82. The molecular formula is C15H14FN3O2. The van der Waals surface area contributed by atoms with Gasteiger partial charge in [0.15, 0.2) is 17.9 Å². The first kappa shape index (κ1) is 13.4. The van der Waals surface area contributed by atoms with E-state index in [0.717, 1.165) is 11.3 Å². The van der Waals surface area contributed by atoms with Crippen LogP contribution in [0, 0.1) is 12.7 Å². The Morgan fingerprint density at radius 2 is 2.10 bits per heavy atom. The van der Waals surface area contributed by atoms with Crippen LogP contribution in [0.5, 0.6) is 5.75 Å². The molecule has 0 unspecified atom stereocenters. The van der Waals surface area contributed by atoms with E-state index in [2.05, 4.69) is 10.1 Å². The Morgan fingerprint density at radius 3 is 2.81 bits per heavy atom. The average Bonchev–Trinajstić information content (AvgIpc) is 3.08. The van der Waals surface area contributed by atoms with Crippen LogP contribution in [0.1, 0.15) is 17.0 Å². The van der Waals surface area contributed by atoms with Gasteiger partial charge in [0.2, 0.25) is 0 Å². The average molecular weight is 287 g/mol. The minimum Gasteiger partial charge on any atom is -0.482 e. The summed E-state index contributed by atoms with van der Waals surface area (Å²) < 4.78 is 25.4. The van der Waals surface area contributed by atoms with Crippen LogP contribution in [0.4, 0.5) is 4.39 Å². The zero-order valence-corrected chi connectivity index (χ0v) is 11.5. The third-order valence-electron chi connectivity index (χ3n) is 3.08. The van der Waals surface area contributed by atoms with Crippen LogP contribution in [0.3, 0.4) is 0 Å². The minimum absolute atomic E-state index is 0.245. The third-order valence-corrected chi connectivity index (χ3v) is 3.08. The lowest BCUT2D eigenvalue weighted by Gasteiger charge is -2.02. The van der Waals surface area contributed by atoms with Crippen molar-refractivity contribution in [1.82, 2.24) is 14.8 Å². The van der Waals surface area contributed by atoms with Crippen molar-refractivity contribution in [3.8, 4) is 5.75 Å². The second-order valence-electron chi connectivity index (χ2n) is 4.65. The number of benzene rings is 1. The highest BCUT2D eigenvalue weighted by Gasteiger charge is 2.06. The fourth-order valence-electron chi connectivity index (χ4n) is 1.90. The van der Waals surface area contributed by atoms with E-state index in [1.54, 1.807) is 29.2 Å². The molecule has 21 heavy (non-hydrogen) atoms. The molecule has 2 heterocycles. The highest BCUT2D eigenvalue weighted by molar-refractivity contribution is 5.18. The molecule has 0 aliphatic rings. The number of hydrogen-bond acceptors (Lipinski definition) is 4.